The van der Waals surface area contributed by atoms with Crippen molar-refractivity contribution in [3.8, 4) is 17.2 Å². The van der Waals surface area contributed by atoms with E-state index in [1.54, 1.807) is 146 Å². The maximum atomic E-state index is 11.8. The SMILES string of the molecule is O=P([O-])(Oc1ccccc1)c1ccccc1.O=P([O-])(Oc1ccccc1)c1ccccc1.O=P([O-])(Oc1ccccc1)c1ccccc1.[Cr+3]. The van der Waals surface area contributed by atoms with Gasteiger partial charge in [-0.15, -0.1) is 0 Å². The maximum Gasteiger partial charge on any atom is 3.00 e. The van der Waals surface area contributed by atoms with Gasteiger partial charge >= 0.3 is 17.4 Å². The standard InChI is InChI=1S/3C12H11O3P.Cr/c3*13-16(14,12-9-5-2-6-10-12)15-11-7-3-1-4-8-11;/h3*1-10H,(H,13,14);/q;;;+3/p-3. The molecule has 0 heterocycles. The van der Waals surface area contributed by atoms with Crippen molar-refractivity contribution in [1.82, 2.24) is 0 Å². The molecule has 0 aromatic heterocycles. The summed E-state index contributed by atoms with van der Waals surface area (Å²) in [5.74, 6) is 0.971. The van der Waals surface area contributed by atoms with E-state index in [2.05, 4.69) is 0 Å². The minimum atomic E-state index is -4.02. The predicted molar refractivity (Wildman–Crippen MR) is 182 cm³/mol. The van der Waals surface area contributed by atoms with E-state index >= 15 is 0 Å². The number of hydrogen-bond donors (Lipinski definition) is 0. The van der Waals surface area contributed by atoms with E-state index < -0.39 is 22.8 Å². The van der Waals surface area contributed by atoms with Crippen LogP contribution in [0.25, 0.3) is 0 Å². The van der Waals surface area contributed by atoms with Crippen LogP contribution >= 0.6 is 22.8 Å². The van der Waals surface area contributed by atoms with E-state index in [1.165, 1.54) is 36.4 Å². The summed E-state index contributed by atoms with van der Waals surface area (Å²) >= 11 is 0. The van der Waals surface area contributed by atoms with Crippen LogP contribution in [0.3, 0.4) is 0 Å². The minimum Gasteiger partial charge on any atom is -0.765 e. The molecular formula is C36H30CrO9P3. The first-order valence-corrected chi connectivity index (χ1v) is 19.0. The summed E-state index contributed by atoms with van der Waals surface area (Å²) in [6.45, 7) is 0. The van der Waals surface area contributed by atoms with Gasteiger partial charge in [-0.25, -0.2) is 0 Å². The van der Waals surface area contributed by atoms with Crippen LogP contribution in [0.5, 0.6) is 17.2 Å². The van der Waals surface area contributed by atoms with Gasteiger partial charge in [0, 0.05) is 15.9 Å². The molecule has 9 nitrogen and oxygen atoms in total. The van der Waals surface area contributed by atoms with Crippen molar-refractivity contribution in [3.63, 3.8) is 0 Å². The molecular weight excluding hydrogens is 721 g/mol. The van der Waals surface area contributed by atoms with Gasteiger partial charge in [0.2, 0.25) is 22.8 Å². The van der Waals surface area contributed by atoms with E-state index in [4.69, 9.17) is 13.6 Å². The number of rotatable bonds is 9. The van der Waals surface area contributed by atoms with Crippen molar-refractivity contribution >= 4 is 38.7 Å². The summed E-state index contributed by atoms with van der Waals surface area (Å²) in [5.41, 5.74) is 0. The fourth-order valence-corrected chi connectivity index (χ4v) is 6.98. The van der Waals surface area contributed by atoms with Crippen LogP contribution < -0.4 is 44.2 Å². The summed E-state index contributed by atoms with van der Waals surface area (Å²) in [4.78, 5) is 35.4. The molecule has 13 heteroatoms. The zero-order valence-electron chi connectivity index (χ0n) is 25.7. The Morgan fingerprint density at radius 1 is 0.306 bits per heavy atom. The van der Waals surface area contributed by atoms with Crippen LogP contribution in [-0.4, -0.2) is 0 Å². The van der Waals surface area contributed by atoms with Crippen molar-refractivity contribution in [2.24, 2.45) is 0 Å². The average Bonchev–Trinajstić information content (AvgIpc) is 3.11. The van der Waals surface area contributed by atoms with Gasteiger partial charge in [0.1, 0.15) is 17.2 Å². The van der Waals surface area contributed by atoms with Gasteiger partial charge in [0.05, 0.1) is 0 Å². The van der Waals surface area contributed by atoms with Crippen molar-refractivity contribution < 1.29 is 59.3 Å². The Morgan fingerprint density at radius 3 is 0.653 bits per heavy atom. The molecule has 0 bridgehead atoms. The van der Waals surface area contributed by atoms with Gasteiger partial charge < -0.3 is 28.3 Å². The molecule has 6 aromatic rings. The third-order valence-electron chi connectivity index (χ3n) is 6.12. The van der Waals surface area contributed by atoms with Crippen LogP contribution in [0, 0.1) is 0 Å². The third-order valence-corrected chi connectivity index (χ3v) is 10.3. The van der Waals surface area contributed by atoms with Crippen LogP contribution in [0.1, 0.15) is 0 Å². The smallest absolute Gasteiger partial charge is 0.765 e. The Morgan fingerprint density at radius 2 is 0.469 bits per heavy atom. The van der Waals surface area contributed by atoms with Crippen LogP contribution in [0.15, 0.2) is 182 Å². The number of para-hydroxylation sites is 3. The normalized spacial score (nSPS) is 13.8. The molecule has 3 unspecified atom stereocenters. The van der Waals surface area contributed by atoms with Gasteiger partial charge in [0.25, 0.3) is 0 Å². The quantitative estimate of drug-likeness (QED) is 0.167. The first-order valence-electron chi connectivity index (χ1n) is 14.4. The van der Waals surface area contributed by atoms with Crippen molar-refractivity contribution in [1.29, 1.82) is 0 Å². The molecule has 6 aromatic carbocycles. The molecule has 0 aliphatic heterocycles. The van der Waals surface area contributed by atoms with Gasteiger partial charge in [-0.05, 0) is 72.8 Å². The Hall–Kier alpha value is -4.18. The van der Waals surface area contributed by atoms with Crippen LogP contribution in [0.2, 0.25) is 0 Å². The van der Waals surface area contributed by atoms with Gasteiger partial charge in [-0.2, -0.15) is 0 Å². The average molecular weight is 752 g/mol. The van der Waals surface area contributed by atoms with Crippen LogP contribution in [0.4, 0.5) is 0 Å². The topological polar surface area (TPSA) is 148 Å². The van der Waals surface area contributed by atoms with Crippen molar-refractivity contribution in [2.45, 2.75) is 0 Å². The van der Waals surface area contributed by atoms with Gasteiger partial charge in [-0.3, -0.25) is 13.7 Å². The minimum absolute atomic E-state index is 0. The molecule has 3 atom stereocenters. The van der Waals surface area contributed by atoms with E-state index in [9.17, 15) is 28.4 Å². The summed E-state index contributed by atoms with van der Waals surface area (Å²) in [6, 6.07) is 49.7. The Balaban J connectivity index is 0.000000197. The molecule has 1 radical (unpaired) electrons. The second-order valence-corrected chi connectivity index (χ2v) is 14.8. The maximum absolute atomic E-state index is 11.8. The van der Waals surface area contributed by atoms with E-state index in [-0.39, 0.29) is 33.3 Å². The summed E-state index contributed by atoms with van der Waals surface area (Å²) in [7, 11) is -12.1. The second-order valence-electron chi connectivity index (χ2n) is 9.71. The summed E-state index contributed by atoms with van der Waals surface area (Å²) in [6.07, 6.45) is 0. The molecule has 49 heavy (non-hydrogen) atoms. The van der Waals surface area contributed by atoms with E-state index in [0.717, 1.165) is 0 Å². The largest absolute Gasteiger partial charge is 3.00 e. The first-order chi connectivity index (χ1) is 23.1. The summed E-state index contributed by atoms with van der Waals surface area (Å²) < 4.78 is 50.4. The Kier molecular flexibility index (Phi) is 15.3. The molecule has 249 valence electrons. The van der Waals surface area contributed by atoms with E-state index in [1.807, 2.05) is 0 Å². The second kappa shape index (κ2) is 19.1. The molecule has 0 aliphatic rings. The Bertz CT molecular complexity index is 1730. The molecule has 0 saturated carbocycles. The molecule has 0 amide bonds. The predicted octanol–water partition coefficient (Wildman–Crippen LogP) is 5.83. The van der Waals surface area contributed by atoms with Crippen molar-refractivity contribution in [3.05, 3.63) is 182 Å². The number of hydrogen-bond acceptors (Lipinski definition) is 9. The zero-order valence-corrected chi connectivity index (χ0v) is 29.7. The third kappa shape index (κ3) is 13.0. The first kappa shape index (κ1) is 39.3. The fourth-order valence-electron chi connectivity index (χ4n) is 3.85. The summed E-state index contributed by atoms with van der Waals surface area (Å²) in [5, 5.41) is 0.538. The van der Waals surface area contributed by atoms with Gasteiger partial charge in [-0.1, -0.05) is 109 Å². The molecule has 0 spiro atoms. The fraction of sp³-hybridized carbons (Fsp3) is 0. The van der Waals surface area contributed by atoms with E-state index in [0.29, 0.717) is 17.2 Å². The molecule has 0 fully saturated rings. The Labute approximate surface area is 296 Å². The molecule has 0 saturated heterocycles. The molecule has 0 N–H and O–H groups in total. The number of benzene rings is 6. The molecule has 6 rings (SSSR count). The molecule has 0 aliphatic carbocycles. The zero-order chi connectivity index (χ0) is 34.3. The van der Waals surface area contributed by atoms with Crippen LogP contribution in [-0.2, 0) is 31.1 Å². The monoisotopic (exact) mass is 751 g/mol. The van der Waals surface area contributed by atoms with Crippen molar-refractivity contribution in [2.75, 3.05) is 0 Å². The van der Waals surface area contributed by atoms with Gasteiger partial charge in [0.15, 0.2) is 0 Å².